The number of aromatic nitrogens is 2. The summed E-state index contributed by atoms with van der Waals surface area (Å²) in [5.41, 5.74) is 3.75. The summed E-state index contributed by atoms with van der Waals surface area (Å²) >= 11 is 0. The summed E-state index contributed by atoms with van der Waals surface area (Å²) in [5, 5.41) is 3.19. The first-order chi connectivity index (χ1) is 8.86. The van der Waals surface area contributed by atoms with Gasteiger partial charge in [-0.15, -0.1) is 0 Å². The maximum absolute atomic E-state index is 4.66. The highest BCUT2D eigenvalue weighted by atomic mass is 14.9. The molecular weight excluding hydrogens is 222 g/mol. The summed E-state index contributed by atoms with van der Waals surface area (Å²) in [6, 6.07) is 6.65. The van der Waals surface area contributed by atoms with Crippen molar-refractivity contribution in [3.8, 4) is 0 Å². The van der Waals surface area contributed by atoms with Gasteiger partial charge in [0.1, 0.15) is 5.82 Å². The number of hydrogen-bond donors (Lipinski definition) is 2. The molecule has 2 aromatic rings. The van der Waals surface area contributed by atoms with Gasteiger partial charge in [-0.2, -0.15) is 0 Å². The van der Waals surface area contributed by atoms with Crippen molar-refractivity contribution in [2.75, 3.05) is 13.6 Å². The van der Waals surface area contributed by atoms with Crippen LogP contribution in [0.25, 0.3) is 11.0 Å². The average Bonchev–Trinajstić information content (AvgIpc) is 3.15. The summed E-state index contributed by atoms with van der Waals surface area (Å²) in [6.07, 6.45) is 6.25. The number of hydrogen-bond acceptors (Lipinski definition) is 2. The van der Waals surface area contributed by atoms with E-state index in [4.69, 9.17) is 0 Å². The van der Waals surface area contributed by atoms with Crippen LogP contribution in [0.3, 0.4) is 0 Å². The number of aromatic amines is 1. The molecule has 0 spiro atoms. The van der Waals surface area contributed by atoms with Gasteiger partial charge in [0.25, 0.3) is 0 Å². The monoisotopic (exact) mass is 243 g/mol. The number of imidazole rings is 1. The Labute approximate surface area is 108 Å². The van der Waals surface area contributed by atoms with Crippen LogP contribution in [0, 0.1) is 0 Å². The van der Waals surface area contributed by atoms with E-state index < -0.39 is 0 Å². The molecule has 1 aliphatic rings. The molecule has 1 saturated carbocycles. The Balaban J connectivity index is 1.69. The number of aryl methyl sites for hydroxylation is 1. The lowest BCUT2D eigenvalue weighted by atomic mass is 10.1. The SMILES string of the molecule is CNCCCCc1ccc2nc(C3CC3)[nH]c2c1. The number of benzene rings is 1. The minimum absolute atomic E-state index is 0.705. The lowest BCUT2D eigenvalue weighted by Crippen LogP contribution is -2.07. The third-order valence-corrected chi connectivity index (χ3v) is 3.67. The molecule has 0 aliphatic heterocycles. The van der Waals surface area contributed by atoms with E-state index in [1.54, 1.807) is 0 Å². The number of nitrogens with one attached hydrogen (secondary N) is 2. The van der Waals surface area contributed by atoms with Crippen molar-refractivity contribution in [2.24, 2.45) is 0 Å². The van der Waals surface area contributed by atoms with Gasteiger partial charge in [-0.1, -0.05) is 6.07 Å². The molecule has 96 valence electrons. The van der Waals surface area contributed by atoms with E-state index in [2.05, 4.69) is 33.5 Å². The van der Waals surface area contributed by atoms with Gasteiger partial charge in [-0.05, 0) is 63.4 Å². The second kappa shape index (κ2) is 5.11. The quantitative estimate of drug-likeness (QED) is 0.766. The van der Waals surface area contributed by atoms with E-state index in [-0.39, 0.29) is 0 Å². The molecule has 1 aromatic carbocycles. The lowest BCUT2D eigenvalue weighted by Gasteiger charge is -2.01. The molecule has 3 rings (SSSR count). The minimum Gasteiger partial charge on any atom is -0.342 e. The molecule has 3 nitrogen and oxygen atoms in total. The molecule has 1 heterocycles. The molecule has 0 bridgehead atoms. The van der Waals surface area contributed by atoms with E-state index in [9.17, 15) is 0 Å². The van der Waals surface area contributed by atoms with Crippen molar-refractivity contribution in [1.82, 2.24) is 15.3 Å². The van der Waals surface area contributed by atoms with Crippen molar-refractivity contribution in [3.05, 3.63) is 29.6 Å². The van der Waals surface area contributed by atoms with Crippen molar-refractivity contribution in [3.63, 3.8) is 0 Å². The fourth-order valence-corrected chi connectivity index (χ4v) is 2.41. The number of fused-ring (bicyclic) bond motifs is 1. The van der Waals surface area contributed by atoms with Crippen molar-refractivity contribution in [1.29, 1.82) is 0 Å². The van der Waals surface area contributed by atoms with E-state index in [1.165, 1.54) is 42.6 Å². The maximum Gasteiger partial charge on any atom is 0.110 e. The van der Waals surface area contributed by atoms with Gasteiger partial charge in [0.2, 0.25) is 0 Å². The fourth-order valence-electron chi connectivity index (χ4n) is 2.41. The molecule has 1 aliphatic carbocycles. The van der Waals surface area contributed by atoms with Crippen LogP contribution in [0.15, 0.2) is 18.2 Å². The van der Waals surface area contributed by atoms with Crippen molar-refractivity contribution < 1.29 is 0 Å². The third-order valence-electron chi connectivity index (χ3n) is 3.67. The normalized spacial score (nSPS) is 15.4. The molecule has 0 amide bonds. The van der Waals surface area contributed by atoms with Gasteiger partial charge in [-0.3, -0.25) is 0 Å². The van der Waals surface area contributed by atoms with Crippen molar-refractivity contribution >= 4 is 11.0 Å². The summed E-state index contributed by atoms with van der Waals surface area (Å²) in [5.74, 6) is 1.90. The summed E-state index contributed by atoms with van der Waals surface area (Å²) < 4.78 is 0. The summed E-state index contributed by atoms with van der Waals surface area (Å²) in [6.45, 7) is 1.11. The zero-order valence-electron chi connectivity index (χ0n) is 11.0. The Kier molecular flexibility index (Phi) is 3.33. The van der Waals surface area contributed by atoms with Gasteiger partial charge in [0.05, 0.1) is 11.0 Å². The van der Waals surface area contributed by atoms with Crippen molar-refractivity contribution in [2.45, 2.75) is 38.0 Å². The van der Waals surface area contributed by atoms with Gasteiger partial charge >= 0.3 is 0 Å². The smallest absolute Gasteiger partial charge is 0.110 e. The Morgan fingerprint density at radius 1 is 1.33 bits per heavy atom. The molecule has 2 N–H and O–H groups in total. The van der Waals surface area contributed by atoms with Crippen LogP contribution in [-0.4, -0.2) is 23.6 Å². The molecule has 18 heavy (non-hydrogen) atoms. The first-order valence-corrected chi connectivity index (χ1v) is 7.00. The van der Waals surface area contributed by atoms with Crippen LogP contribution in [0.2, 0.25) is 0 Å². The number of rotatable bonds is 6. The van der Waals surface area contributed by atoms with Crippen LogP contribution < -0.4 is 5.32 Å². The zero-order valence-corrected chi connectivity index (χ0v) is 11.0. The van der Waals surface area contributed by atoms with Gasteiger partial charge < -0.3 is 10.3 Å². The Morgan fingerprint density at radius 3 is 3.00 bits per heavy atom. The van der Waals surface area contributed by atoms with Gasteiger partial charge in [-0.25, -0.2) is 4.98 Å². The first-order valence-electron chi connectivity index (χ1n) is 7.00. The minimum atomic E-state index is 0.705. The van der Waals surface area contributed by atoms with E-state index in [0.29, 0.717) is 5.92 Å². The molecular formula is C15H21N3. The van der Waals surface area contributed by atoms with E-state index >= 15 is 0 Å². The highest BCUT2D eigenvalue weighted by molar-refractivity contribution is 5.76. The zero-order chi connectivity index (χ0) is 12.4. The number of H-pyrrole nitrogens is 1. The summed E-state index contributed by atoms with van der Waals surface area (Å²) in [7, 11) is 2.01. The summed E-state index contributed by atoms with van der Waals surface area (Å²) in [4.78, 5) is 8.14. The molecule has 0 atom stereocenters. The Hall–Kier alpha value is -1.35. The topological polar surface area (TPSA) is 40.7 Å². The van der Waals surface area contributed by atoms with Gasteiger partial charge in [0.15, 0.2) is 0 Å². The predicted octanol–water partition coefficient (Wildman–Crippen LogP) is 2.98. The largest absolute Gasteiger partial charge is 0.342 e. The molecule has 0 saturated heterocycles. The Bertz CT molecular complexity index is 526. The second-order valence-corrected chi connectivity index (χ2v) is 5.31. The second-order valence-electron chi connectivity index (χ2n) is 5.31. The standard InChI is InChI=1S/C15H21N3/c1-16-9-3-2-4-11-5-8-13-14(10-11)18-15(17-13)12-6-7-12/h5,8,10,12,16H,2-4,6-7,9H2,1H3,(H,17,18). The molecule has 0 radical (unpaired) electrons. The molecule has 0 unspecified atom stereocenters. The lowest BCUT2D eigenvalue weighted by molar-refractivity contribution is 0.677. The highest BCUT2D eigenvalue weighted by Gasteiger charge is 2.26. The molecule has 1 fully saturated rings. The highest BCUT2D eigenvalue weighted by Crippen LogP contribution is 2.39. The van der Waals surface area contributed by atoms with Crippen LogP contribution in [0.1, 0.15) is 43.0 Å². The maximum atomic E-state index is 4.66. The molecule has 1 aromatic heterocycles. The van der Waals surface area contributed by atoms with E-state index in [0.717, 1.165) is 18.5 Å². The third kappa shape index (κ3) is 2.56. The predicted molar refractivity (Wildman–Crippen MR) is 74.9 cm³/mol. The fraction of sp³-hybridized carbons (Fsp3) is 0.533. The van der Waals surface area contributed by atoms with Gasteiger partial charge in [0, 0.05) is 5.92 Å². The van der Waals surface area contributed by atoms with E-state index in [1.807, 2.05) is 7.05 Å². The first kappa shape index (κ1) is 11.7. The molecule has 3 heteroatoms. The number of unbranched alkanes of at least 4 members (excludes halogenated alkanes) is 1. The number of nitrogens with zero attached hydrogens (tertiary/aromatic N) is 1. The van der Waals surface area contributed by atoms with Crippen LogP contribution >= 0.6 is 0 Å². The van der Waals surface area contributed by atoms with Crippen LogP contribution in [-0.2, 0) is 6.42 Å². The van der Waals surface area contributed by atoms with Crippen LogP contribution in [0.4, 0.5) is 0 Å². The Morgan fingerprint density at radius 2 is 2.22 bits per heavy atom. The van der Waals surface area contributed by atoms with Crippen LogP contribution in [0.5, 0.6) is 0 Å². The average molecular weight is 243 g/mol.